The fourth-order valence-corrected chi connectivity index (χ4v) is 5.56. The van der Waals surface area contributed by atoms with Gasteiger partial charge in [-0.1, -0.05) is 62.6 Å². The Bertz CT molecular complexity index is 1200. The van der Waals surface area contributed by atoms with Crippen LogP contribution in [0.3, 0.4) is 0 Å². The maximum Gasteiger partial charge on any atom is 0.246 e. The van der Waals surface area contributed by atoms with Gasteiger partial charge in [0.1, 0.15) is 17.8 Å². The van der Waals surface area contributed by atoms with Gasteiger partial charge >= 0.3 is 0 Å². The van der Waals surface area contributed by atoms with Crippen molar-refractivity contribution >= 4 is 22.7 Å². The number of aromatic nitrogens is 1. The molecule has 1 N–H and O–H groups in total. The lowest BCUT2D eigenvalue weighted by molar-refractivity contribution is -0.158. The summed E-state index contributed by atoms with van der Waals surface area (Å²) in [7, 11) is 0. The third kappa shape index (κ3) is 3.85. The number of nitrogens with one attached hydrogen (secondary N) is 1. The number of H-pyrrole nitrogens is 1. The molecule has 0 unspecified atom stereocenters. The minimum Gasteiger partial charge on any atom is -0.494 e. The number of fused-ring (bicyclic) bond motifs is 4. The van der Waals surface area contributed by atoms with Gasteiger partial charge in [0.05, 0.1) is 13.2 Å². The zero-order chi connectivity index (χ0) is 23.7. The third-order valence-electron chi connectivity index (χ3n) is 7.14. The fourth-order valence-electron chi connectivity index (χ4n) is 5.56. The topological polar surface area (TPSA) is 65.6 Å². The Morgan fingerprint density at radius 1 is 1.00 bits per heavy atom. The summed E-state index contributed by atoms with van der Waals surface area (Å²) in [5.41, 5.74) is 4.06. The standard InChI is InChI=1S/C28H33N3O3/c1-3-5-6-11-16-30-18-25(32)31-23(28(30)33)17-21-19-12-7-9-14-22(19)29-26(21)27(31)20-13-8-10-15-24(20)34-4-2/h7-10,12-15,23,27,29H,3-6,11,16-18H2,1-2H3/t23-,27-/m0/s1. The van der Waals surface area contributed by atoms with Gasteiger partial charge in [-0.05, 0) is 31.0 Å². The van der Waals surface area contributed by atoms with Crippen molar-refractivity contribution in [2.75, 3.05) is 19.7 Å². The first kappa shape index (κ1) is 22.5. The number of piperazine rings is 1. The molecule has 3 heterocycles. The predicted molar refractivity (Wildman–Crippen MR) is 133 cm³/mol. The van der Waals surface area contributed by atoms with Crippen molar-refractivity contribution in [1.82, 2.24) is 14.8 Å². The lowest BCUT2D eigenvalue weighted by Crippen LogP contribution is -2.63. The predicted octanol–water partition coefficient (Wildman–Crippen LogP) is 4.83. The molecule has 0 spiro atoms. The number of aromatic amines is 1. The number of ether oxygens (including phenoxy) is 1. The van der Waals surface area contributed by atoms with Gasteiger partial charge in [0.15, 0.2) is 0 Å². The minimum atomic E-state index is -0.501. The summed E-state index contributed by atoms with van der Waals surface area (Å²) in [5.74, 6) is 0.814. The Morgan fingerprint density at radius 2 is 1.79 bits per heavy atom. The SMILES string of the molecule is CCCCCCN1CC(=O)N2[C@@H](c3ccccc3OCC)c3[nH]c4ccccc4c3C[C@H]2C1=O. The molecular weight excluding hydrogens is 426 g/mol. The van der Waals surface area contributed by atoms with Gasteiger partial charge < -0.3 is 19.5 Å². The molecule has 34 heavy (non-hydrogen) atoms. The van der Waals surface area contributed by atoms with E-state index in [0.717, 1.165) is 59.2 Å². The normalized spacial score (nSPS) is 19.9. The first-order chi connectivity index (χ1) is 16.6. The van der Waals surface area contributed by atoms with Crippen molar-refractivity contribution in [3.63, 3.8) is 0 Å². The largest absolute Gasteiger partial charge is 0.494 e. The van der Waals surface area contributed by atoms with Crippen LogP contribution in [-0.2, 0) is 16.0 Å². The van der Waals surface area contributed by atoms with Crippen LogP contribution in [0.4, 0.5) is 0 Å². The van der Waals surface area contributed by atoms with Crippen molar-refractivity contribution < 1.29 is 14.3 Å². The summed E-state index contributed by atoms with van der Waals surface area (Å²) < 4.78 is 5.97. The second-order valence-electron chi connectivity index (χ2n) is 9.28. The molecule has 0 bridgehead atoms. The molecule has 2 aliphatic rings. The smallest absolute Gasteiger partial charge is 0.246 e. The molecule has 6 nitrogen and oxygen atoms in total. The summed E-state index contributed by atoms with van der Waals surface area (Å²) >= 11 is 0. The first-order valence-electron chi connectivity index (χ1n) is 12.5. The van der Waals surface area contributed by atoms with E-state index in [9.17, 15) is 9.59 Å². The molecule has 0 aliphatic carbocycles. The van der Waals surface area contributed by atoms with Gasteiger partial charge in [-0.3, -0.25) is 9.59 Å². The van der Waals surface area contributed by atoms with Crippen LogP contribution in [0.15, 0.2) is 48.5 Å². The summed E-state index contributed by atoms with van der Waals surface area (Å²) in [5, 5.41) is 1.12. The first-order valence-corrected chi connectivity index (χ1v) is 12.5. The molecule has 1 aromatic heterocycles. The van der Waals surface area contributed by atoms with Gasteiger partial charge in [0, 0.05) is 35.1 Å². The van der Waals surface area contributed by atoms with Crippen LogP contribution in [0.1, 0.15) is 62.4 Å². The van der Waals surface area contributed by atoms with E-state index in [0.29, 0.717) is 19.6 Å². The van der Waals surface area contributed by atoms with Crippen LogP contribution in [0.5, 0.6) is 5.75 Å². The molecule has 2 aromatic carbocycles. The number of para-hydroxylation sites is 2. The molecule has 2 atom stereocenters. The van der Waals surface area contributed by atoms with E-state index in [4.69, 9.17) is 4.74 Å². The number of unbranched alkanes of at least 4 members (excludes halogenated alkanes) is 3. The van der Waals surface area contributed by atoms with Gasteiger partial charge in [-0.15, -0.1) is 0 Å². The van der Waals surface area contributed by atoms with Gasteiger partial charge in [-0.25, -0.2) is 0 Å². The van der Waals surface area contributed by atoms with Crippen LogP contribution in [0, 0.1) is 0 Å². The van der Waals surface area contributed by atoms with Crippen molar-refractivity contribution in [3.8, 4) is 5.75 Å². The molecule has 1 saturated heterocycles. The Labute approximate surface area is 200 Å². The Hall–Kier alpha value is -3.28. The van der Waals surface area contributed by atoms with Crippen molar-refractivity contribution in [2.45, 2.75) is 58.0 Å². The number of carbonyl (C=O) groups excluding carboxylic acids is 2. The lowest BCUT2D eigenvalue weighted by atomic mass is 9.86. The average molecular weight is 460 g/mol. The highest BCUT2D eigenvalue weighted by Gasteiger charge is 2.48. The second kappa shape index (κ2) is 9.53. The van der Waals surface area contributed by atoms with E-state index < -0.39 is 6.04 Å². The molecule has 1 fully saturated rings. The number of amides is 2. The molecule has 2 amide bonds. The monoisotopic (exact) mass is 459 g/mol. The number of nitrogens with zero attached hydrogens (tertiary/aromatic N) is 2. The molecule has 2 aliphatic heterocycles. The fraction of sp³-hybridized carbons (Fsp3) is 0.429. The van der Waals surface area contributed by atoms with Crippen LogP contribution >= 0.6 is 0 Å². The number of benzene rings is 2. The van der Waals surface area contributed by atoms with Crippen molar-refractivity contribution in [2.24, 2.45) is 0 Å². The Kier molecular flexibility index (Phi) is 6.31. The number of hydrogen-bond donors (Lipinski definition) is 1. The maximum absolute atomic E-state index is 13.7. The highest BCUT2D eigenvalue weighted by atomic mass is 16.5. The third-order valence-corrected chi connectivity index (χ3v) is 7.14. The van der Waals surface area contributed by atoms with Crippen LogP contribution in [-0.4, -0.2) is 52.3 Å². The summed E-state index contributed by atoms with van der Waals surface area (Å²) in [6.45, 7) is 5.46. The Morgan fingerprint density at radius 3 is 2.62 bits per heavy atom. The molecule has 0 radical (unpaired) electrons. The summed E-state index contributed by atoms with van der Waals surface area (Å²) in [6.07, 6.45) is 4.85. The zero-order valence-corrected chi connectivity index (χ0v) is 20.0. The number of carbonyl (C=O) groups is 2. The second-order valence-corrected chi connectivity index (χ2v) is 9.28. The van der Waals surface area contributed by atoms with E-state index in [1.54, 1.807) is 4.90 Å². The van der Waals surface area contributed by atoms with E-state index in [2.05, 4.69) is 24.0 Å². The lowest BCUT2D eigenvalue weighted by Gasteiger charge is -2.47. The molecular formula is C28H33N3O3. The van der Waals surface area contributed by atoms with E-state index in [-0.39, 0.29) is 24.4 Å². The molecule has 6 heteroatoms. The summed E-state index contributed by atoms with van der Waals surface area (Å²) in [6, 6.07) is 15.2. The molecule has 178 valence electrons. The van der Waals surface area contributed by atoms with E-state index in [1.165, 1.54) is 0 Å². The molecule has 5 rings (SSSR count). The number of hydrogen-bond acceptors (Lipinski definition) is 3. The van der Waals surface area contributed by atoms with Crippen LogP contribution in [0.25, 0.3) is 10.9 Å². The highest BCUT2D eigenvalue weighted by molar-refractivity contribution is 5.97. The minimum absolute atomic E-state index is 0.000647. The van der Waals surface area contributed by atoms with Gasteiger partial charge in [-0.2, -0.15) is 0 Å². The zero-order valence-electron chi connectivity index (χ0n) is 20.0. The van der Waals surface area contributed by atoms with E-state index in [1.807, 2.05) is 48.2 Å². The average Bonchev–Trinajstić information content (AvgIpc) is 3.22. The van der Waals surface area contributed by atoms with Gasteiger partial charge in [0.2, 0.25) is 11.8 Å². The van der Waals surface area contributed by atoms with Crippen LogP contribution in [0.2, 0.25) is 0 Å². The van der Waals surface area contributed by atoms with Gasteiger partial charge in [0.25, 0.3) is 0 Å². The van der Waals surface area contributed by atoms with Crippen molar-refractivity contribution in [1.29, 1.82) is 0 Å². The Balaban J connectivity index is 1.59. The molecule has 0 saturated carbocycles. The van der Waals surface area contributed by atoms with E-state index >= 15 is 0 Å². The maximum atomic E-state index is 13.7. The highest BCUT2D eigenvalue weighted by Crippen LogP contribution is 2.44. The summed E-state index contributed by atoms with van der Waals surface area (Å²) in [4.78, 5) is 34.5. The van der Waals surface area contributed by atoms with Crippen molar-refractivity contribution in [3.05, 3.63) is 65.4 Å². The quantitative estimate of drug-likeness (QED) is 0.491. The van der Waals surface area contributed by atoms with Crippen LogP contribution < -0.4 is 4.74 Å². The molecule has 3 aromatic rings. The number of rotatable bonds is 8.